The summed E-state index contributed by atoms with van der Waals surface area (Å²) in [6, 6.07) is 33.3. The molecule has 3 aromatic carbocycles. The number of nitrogens with zero attached hydrogens (tertiary/aromatic N) is 4. The average molecular weight is 441 g/mol. The maximum atomic E-state index is 9.42. The van der Waals surface area contributed by atoms with Crippen LogP contribution in [0.4, 0.5) is 5.82 Å². The Labute approximate surface area is 192 Å². The first-order chi connectivity index (χ1) is 16.2. The van der Waals surface area contributed by atoms with Gasteiger partial charge in [-0.2, -0.15) is 5.11 Å². The van der Waals surface area contributed by atoms with E-state index >= 15 is 0 Å². The Hall–Kier alpha value is -3.94. The SMILES string of the molecule is OCC(O)COc1ccc(/N=N/C(c2ccccc2)(c2ccccc2)c2ccccc2)nn1. The largest absolute Gasteiger partial charge is 0.474 e. The quantitative estimate of drug-likeness (QED) is 0.299. The minimum absolute atomic E-state index is 0.0782. The summed E-state index contributed by atoms with van der Waals surface area (Å²) in [5.41, 5.74) is 2.03. The fraction of sp³-hybridized carbons (Fsp3) is 0.154. The Morgan fingerprint density at radius 1 is 0.727 bits per heavy atom. The third kappa shape index (κ3) is 5.11. The molecule has 0 fully saturated rings. The van der Waals surface area contributed by atoms with Crippen LogP contribution >= 0.6 is 0 Å². The van der Waals surface area contributed by atoms with Crippen LogP contribution in [0.1, 0.15) is 16.7 Å². The van der Waals surface area contributed by atoms with Crippen LogP contribution in [0, 0.1) is 0 Å². The molecule has 1 unspecified atom stereocenters. The minimum atomic E-state index is -0.977. The second kappa shape index (κ2) is 10.6. The molecule has 0 saturated heterocycles. The number of benzene rings is 3. The summed E-state index contributed by atoms with van der Waals surface area (Å²) in [7, 11) is 0. The van der Waals surface area contributed by atoms with Gasteiger partial charge in [0.25, 0.3) is 0 Å². The van der Waals surface area contributed by atoms with Crippen molar-refractivity contribution in [3.05, 3.63) is 120 Å². The summed E-state index contributed by atoms with van der Waals surface area (Å²) in [5.74, 6) is 0.541. The molecule has 2 N–H and O–H groups in total. The third-order valence-electron chi connectivity index (χ3n) is 5.14. The summed E-state index contributed by atoms with van der Waals surface area (Å²) in [4.78, 5) is 0. The first-order valence-corrected chi connectivity index (χ1v) is 10.6. The van der Waals surface area contributed by atoms with Gasteiger partial charge in [-0.05, 0) is 22.8 Å². The lowest BCUT2D eigenvalue weighted by Crippen LogP contribution is -2.26. The van der Waals surface area contributed by atoms with E-state index in [1.807, 2.05) is 91.0 Å². The molecule has 0 amide bonds. The van der Waals surface area contributed by atoms with Crippen molar-refractivity contribution in [2.45, 2.75) is 11.6 Å². The smallest absolute Gasteiger partial charge is 0.233 e. The Morgan fingerprint density at radius 3 is 1.67 bits per heavy atom. The van der Waals surface area contributed by atoms with E-state index in [1.54, 1.807) is 12.1 Å². The van der Waals surface area contributed by atoms with Gasteiger partial charge in [-0.3, -0.25) is 0 Å². The van der Waals surface area contributed by atoms with Gasteiger partial charge < -0.3 is 14.9 Å². The molecule has 0 aliphatic carbocycles. The van der Waals surface area contributed by atoms with Gasteiger partial charge in [-0.25, -0.2) is 0 Å². The van der Waals surface area contributed by atoms with E-state index in [1.165, 1.54) is 0 Å². The second-order valence-electron chi connectivity index (χ2n) is 7.39. The Bertz CT molecular complexity index is 1060. The van der Waals surface area contributed by atoms with E-state index in [4.69, 9.17) is 15.0 Å². The number of rotatable bonds is 9. The van der Waals surface area contributed by atoms with Gasteiger partial charge >= 0.3 is 0 Å². The maximum absolute atomic E-state index is 9.42. The molecule has 0 radical (unpaired) electrons. The van der Waals surface area contributed by atoms with Crippen LogP contribution in [0.5, 0.6) is 5.88 Å². The monoisotopic (exact) mass is 440 g/mol. The van der Waals surface area contributed by atoms with E-state index in [0.717, 1.165) is 16.7 Å². The van der Waals surface area contributed by atoms with E-state index in [-0.39, 0.29) is 19.1 Å². The number of aromatic nitrogens is 2. The standard InChI is InChI=1S/C26H24N4O3/c31-18-23(32)19-33-25-17-16-24(27-29-25)28-30-26(20-10-4-1-5-11-20,21-12-6-2-7-13-21)22-14-8-3-9-15-22/h1-17,23,31-32H,18-19H2/b30-28+. The topological polar surface area (TPSA) is 100 Å². The predicted octanol–water partition coefficient (Wildman–Crippen LogP) is 4.28. The van der Waals surface area contributed by atoms with Crippen molar-refractivity contribution in [2.75, 3.05) is 13.2 Å². The lowest BCUT2D eigenvalue weighted by molar-refractivity contribution is 0.0518. The number of hydrogen-bond acceptors (Lipinski definition) is 7. The normalized spacial score (nSPS) is 12.5. The average Bonchev–Trinajstić information content (AvgIpc) is 2.90. The second-order valence-corrected chi connectivity index (χ2v) is 7.39. The molecule has 4 aromatic rings. The molecular weight excluding hydrogens is 416 g/mol. The highest BCUT2D eigenvalue weighted by atomic mass is 16.5. The molecule has 1 heterocycles. The van der Waals surface area contributed by atoms with Crippen LogP contribution in [-0.4, -0.2) is 39.7 Å². The molecule has 7 heteroatoms. The van der Waals surface area contributed by atoms with Crippen LogP contribution in [0.25, 0.3) is 0 Å². The summed E-state index contributed by atoms with van der Waals surface area (Å²) >= 11 is 0. The first-order valence-electron chi connectivity index (χ1n) is 10.6. The molecule has 1 atom stereocenters. The van der Waals surface area contributed by atoms with E-state index in [9.17, 15) is 5.11 Å². The molecule has 0 aliphatic heterocycles. The van der Waals surface area contributed by atoms with Crippen molar-refractivity contribution < 1.29 is 14.9 Å². The number of ether oxygens (including phenoxy) is 1. The lowest BCUT2D eigenvalue weighted by atomic mass is 9.78. The number of hydrogen-bond donors (Lipinski definition) is 2. The predicted molar refractivity (Wildman–Crippen MR) is 124 cm³/mol. The minimum Gasteiger partial charge on any atom is -0.474 e. The highest BCUT2D eigenvalue weighted by Crippen LogP contribution is 2.41. The highest BCUT2D eigenvalue weighted by Gasteiger charge is 2.36. The first kappa shape index (κ1) is 22.3. The van der Waals surface area contributed by atoms with Crippen molar-refractivity contribution in [2.24, 2.45) is 10.2 Å². The molecule has 0 spiro atoms. The molecule has 33 heavy (non-hydrogen) atoms. The van der Waals surface area contributed by atoms with Crippen molar-refractivity contribution in [3.63, 3.8) is 0 Å². The molecule has 0 aliphatic rings. The lowest BCUT2D eigenvalue weighted by Gasteiger charge is -2.30. The van der Waals surface area contributed by atoms with Gasteiger partial charge in [0.05, 0.1) is 6.61 Å². The van der Waals surface area contributed by atoms with Crippen molar-refractivity contribution >= 4 is 5.82 Å². The van der Waals surface area contributed by atoms with Gasteiger partial charge in [0.2, 0.25) is 5.88 Å². The molecule has 0 saturated carbocycles. The molecule has 7 nitrogen and oxygen atoms in total. The Kier molecular flexibility index (Phi) is 7.14. The van der Waals surface area contributed by atoms with Crippen LogP contribution in [-0.2, 0) is 5.54 Å². The molecule has 166 valence electrons. The molecular formula is C26H24N4O3. The fourth-order valence-electron chi connectivity index (χ4n) is 3.52. The van der Waals surface area contributed by atoms with Gasteiger partial charge in [0, 0.05) is 6.07 Å². The van der Waals surface area contributed by atoms with Crippen LogP contribution in [0.3, 0.4) is 0 Å². The van der Waals surface area contributed by atoms with Crippen LogP contribution in [0.2, 0.25) is 0 Å². The maximum Gasteiger partial charge on any atom is 0.233 e. The Balaban J connectivity index is 1.75. The number of aliphatic hydroxyl groups is 2. The van der Waals surface area contributed by atoms with Gasteiger partial charge in [-0.1, -0.05) is 91.0 Å². The summed E-state index contributed by atoms with van der Waals surface area (Å²) in [5, 5.41) is 35.7. The molecule has 1 aromatic heterocycles. The van der Waals surface area contributed by atoms with E-state index in [2.05, 4.69) is 15.3 Å². The highest BCUT2D eigenvalue weighted by molar-refractivity contribution is 5.49. The number of aliphatic hydroxyl groups excluding tert-OH is 2. The van der Waals surface area contributed by atoms with Gasteiger partial charge in [-0.15, -0.1) is 15.3 Å². The zero-order chi connectivity index (χ0) is 22.9. The molecule has 0 bridgehead atoms. The van der Waals surface area contributed by atoms with E-state index in [0.29, 0.717) is 5.82 Å². The van der Waals surface area contributed by atoms with Crippen molar-refractivity contribution in [1.82, 2.24) is 10.2 Å². The van der Waals surface area contributed by atoms with E-state index < -0.39 is 11.6 Å². The van der Waals surface area contributed by atoms with Crippen molar-refractivity contribution in [1.29, 1.82) is 0 Å². The van der Waals surface area contributed by atoms with Gasteiger partial charge in [0.1, 0.15) is 12.7 Å². The summed E-state index contributed by atoms with van der Waals surface area (Å²) < 4.78 is 5.31. The number of azo groups is 1. The van der Waals surface area contributed by atoms with Gasteiger partial charge in [0.15, 0.2) is 11.4 Å². The fourth-order valence-corrected chi connectivity index (χ4v) is 3.52. The molecule has 4 rings (SSSR count). The summed E-state index contributed by atoms with van der Waals surface area (Å²) in [6.07, 6.45) is -0.977. The van der Waals surface area contributed by atoms with Crippen LogP contribution < -0.4 is 4.74 Å². The van der Waals surface area contributed by atoms with Crippen LogP contribution in [0.15, 0.2) is 113 Å². The Morgan fingerprint density at radius 2 is 1.24 bits per heavy atom. The zero-order valence-corrected chi connectivity index (χ0v) is 17.9. The van der Waals surface area contributed by atoms with Crippen molar-refractivity contribution in [3.8, 4) is 5.88 Å². The zero-order valence-electron chi connectivity index (χ0n) is 17.9. The summed E-state index contributed by atoms with van der Waals surface area (Å²) in [6.45, 7) is -0.467. The third-order valence-corrected chi connectivity index (χ3v) is 5.14.